The largest absolute Gasteiger partial charge is 0.477 e. The monoisotopic (exact) mass is 476 g/mol. The first kappa shape index (κ1) is 24.1. The smallest absolute Gasteiger partial charge is 0.433 e. The number of carboxylic acids is 1. The number of nitrogens with two attached hydrogens (primary N) is 1. The van der Waals surface area contributed by atoms with E-state index in [4.69, 9.17) is 10.8 Å². The number of halogens is 3. The lowest BCUT2D eigenvalue weighted by molar-refractivity contribution is -0.141. The molecule has 1 amide bonds. The average Bonchev–Trinajstić information content (AvgIpc) is 2.71. The van der Waals surface area contributed by atoms with Crippen molar-refractivity contribution < 1.29 is 27.9 Å². The molecular formula is C24H27F3N4O3. The number of hydrogen-bond acceptors (Lipinski definition) is 5. The van der Waals surface area contributed by atoms with Gasteiger partial charge in [-0.2, -0.15) is 13.2 Å². The second-order valence-electron chi connectivity index (χ2n) is 9.93. The van der Waals surface area contributed by atoms with Gasteiger partial charge in [-0.1, -0.05) is 12.1 Å². The third kappa shape index (κ3) is 5.22. The van der Waals surface area contributed by atoms with E-state index in [1.807, 2.05) is 19.1 Å². The lowest BCUT2D eigenvalue weighted by Crippen LogP contribution is -2.68. The number of nitrogens with zero attached hydrogens (tertiary/aromatic N) is 2. The summed E-state index contributed by atoms with van der Waals surface area (Å²) in [5.74, 6) is -0.126. The molecule has 2 heterocycles. The van der Waals surface area contributed by atoms with E-state index >= 15 is 0 Å². The number of alkyl halides is 3. The Kier molecular flexibility index (Phi) is 6.14. The Hall–Kier alpha value is -3.01. The highest BCUT2D eigenvalue weighted by atomic mass is 19.4. The molecule has 4 N–H and O–H groups in total. The molecule has 4 aliphatic carbocycles. The Bertz CT molecular complexity index is 1090. The van der Waals surface area contributed by atoms with Crippen molar-refractivity contribution in [1.82, 2.24) is 15.3 Å². The second-order valence-corrected chi connectivity index (χ2v) is 9.93. The average molecular weight is 476 g/mol. The minimum atomic E-state index is -4.61. The maximum atomic E-state index is 12.6. The summed E-state index contributed by atoms with van der Waals surface area (Å²) in [6.45, 7) is 1.91. The molecule has 0 aromatic carbocycles. The SMILES string of the molecule is Cc1cccc(C(=O)NC23CC4CC(CC(N)(C4)C2)C3)n1.O=C(O)c1cccc(C(F)(F)F)n1. The van der Waals surface area contributed by atoms with E-state index in [0.717, 1.165) is 49.9 Å². The molecule has 2 atom stereocenters. The van der Waals surface area contributed by atoms with Crippen molar-refractivity contribution in [3.8, 4) is 0 Å². The quantitative estimate of drug-likeness (QED) is 0.617. The van der Waals surface area contributed by atoms with Crippen molar-refractivity contribution in [1.29, 1.82) is 0 Å². The summed E-state index contributed by atoms with van der Waals surface area (Å²) in [5, 5.41) is 11.7. The van der Waals surface area contributed by atoms with E-state index < -0.39 is 23.5 Å². The molecule has 7 nitrogen and oxygen atoms in total. The summed E-state index contributed by atoms with van der Waals surface area (Å²) >= 11 is 0. The number of carbonyl (C=O) groups excluding carboxylic acids is 1. The van der Waals surface area contributed by atoms with Crippen LogP contribution in [0.1, 0.15) is 70.9 Å². The third-order valence-corrected chi connectivity index (χ3v) is 6.86. The Balaban J connectivity index is 0.000000182. The third-order valence-electron chi connectivity index (χ3n) is 6.86. The zero-order valence-electron chi connectivity index (χ0n) is 18.7. The first-order valence-corrected chi connectivity index (χ1v) is 11.2. The van der Waals surface area contributed by atoms with Crippen LogP contribution in [0, 0.1) is 18.8 Å². The molecule has 182 valence electrons. The van der Waals surface area contributed by atoms with Crippen LogP contribution in [0.2, 0.25) is 0 Å². The fourth-order valence-electron chi connectivity index (χ4n) is 6.17. The summed E-state index contributed by atoms with van der Waals surface area (Å²) in [4.78, 5) is 30.1. The van der Waals surface area contributed by atoms with Gasteiger partial charge in [-0.25, -0.2) is 14.8 Å². The molecule has 4 fully saturated rings. The number of rotatable bonds is 3. The number of aromatic carboxylic acids is 1. The van der Waals surface area contributed by atoms with Gasteiger partial charge in [0.15, 0.2) is 0 Å². The number of carboxylic acid groups (broad SMARTS) is 1. The second kappa shape index (κ2) is 8.65. The van der Waals surface area contributed by atoms with Crippen LogP contribution in [0.25, 0.3) is 0 Å². The van der Waals surface area contributed by atoms with Gasteiger partial charge in [0.05, 0.1) is 0 Å². The topological polar surface area (TPSA) is 118 Å². The number of amides is 1. The maximum Gasteiger partial charge on any atom is 0.433 e. The highest BCUT2D eigenvalue weighted by Crippen LogP contribution is 2.56. The maximum absolute atomic E-state index is 12.6. The van der Waals surface area contributed by atoms with Gasteiger partial charge >= 0.3 is 12.1 Å². The lowest BCUT2D eigenvalue weighted by atomic mass is 9.50. The van der Waals surface area contributed by atoms with Crippen molar-refractivity contribution in [2.75, 3.05) is 0 Å². The van der Waals surface area contributed by atoms with Crippen molar-refractivity contribution in [3.63, 3.8) is 0 Å². The zero-order chi connectivity index (χ0) is 24.7. The van der Waals surface area contributed by atoms with Crippen LogP contribution in [-0.2, 0) is 6.18 Å². The van der Waals surface area contributed by atoms with Crippen LogP contribution >= 0.6 is 0 Å². The number of aryl methyl sites for hydroxylation is 1. The predicted octanol–water partition coefficient (Wildman–Crippen LogP) is 3.97. The molecule has 0 saturated heterocycles. The summed E-state index contributed by atoms with van der Waals surface area (Å²) < 4.78 is 35.9. The van der Waals surface area contributed by atoms with Gasteiger partial charge in [0, 0.05) is 16.8 Å². The van der Waals surface area contributed by atoms with Crippen molar-refractivity contribution in [2.24, 2.45) is 17.6 Å². The van der Waals surface area contributed by atoms with E-state index in [1.165, 1.54) is 6.42 Å². The van der Waals surface area contributed by atoms with Crippen molar-refractivity contribution in [3.05, 3.63) is 59.2 Å². The molecule has 4 bridgehead atoms. The summed E-state index contributed by atoms with van der Waals surface area (Å²) in [7, 11) is 0. The molecule has 4 saturated carbocycles. The van der Waals surface area contributed by atoms with Gasteiger partial charge in [0.25, 0.3) is 5.91 Å². The Morgan fingerprint density at radius 1 is 1.03 bits per heavy atom. The van der Waals surface area contributed by atoms with Crippen LogP contribution in [0.15, 0.2) is 36.4 Å². The van der Waals surface area contributed by atoms with E-state index in [1.54, 1.807) is 6.07 Å². The van der Waals surface area contributed by atoms with Crippen LogP contribution in [0.4, 0.5) is 13.2 Å². The zero-order valence-corrected chi connectivity index (χ0v) is 18.7. The minimum absolute atomic E-state index is 0.0377. The Labute approximate surface area is 195 Å². The predicted molar refractivity (Wildman–Crippen MR) is 117 cm³/mol. The first-order valence-electron chi connectivity index (χ1n) is 11.2. The molecule has 2 unspecified atom stereocenters. The molecule has 4 aliphatic rings. The fourth-order valence-corrected chi connectivity index (χ4v) is 6.17. The Morgan fingerprint density at radius 2 is 1.65 bits per heavy atom. The van der Waals surface area contributed by atoms with E-state index in [2.05, 4.69) is 15.3 Å². The molecular weight excluding hydrogens is 449 g/mol. The van der Waals surface area contributed by atoms with Gasteiger partial charge < -0.3 is 16.2 Å². The molecule has 34 heavy (non-hydrogen) atoms. The molecule has 0 spiro atoms. The van der Waals surface area contributed by atoms with Crippen molar-refractivity contribution in [2.45, 2.75) is 62.7 Å². The van der Waals surface area contributed by atoms with Crippen LogP contribution in [-0.4, -0.2) is 38.0 Å². The highest BCUT2D eigenvalue weighted by Gasteiger charge is 2.56. The molecule has 2 aromatic heterocycles. The highest BCUT2D eigenvalue weighted by molar-refractivity contribution is 5.92. The molecule has 6 rings (SSSR count). The van der Waals surface area contributed by atoms with Crippen LogP contribution in [0.3, 0.4) is 0 Å². The molecule has 0 radical (unpaired) electrons. The van der Waals surface area contributed by atoms with Crippen LogP contribution < -0.4 is 11.1 Å². The lowest BCUT2D eigenvalue weighted by Gasteiger charge is -2.61. The summed E-state index contributed by atoms with van der Waals surface area (Å²) in [6, 6.07) is 8.31. The first-order chi connectivity index (χ1) is 15.9. The van der Waals surface area contributed by atoms with Gasteiger partial charge in [-0.3, -0.25) is 4.79 Å². The van der Waals surface area contributed by atoms with Gasteiger partial charge in [0.2, 0.25) is 0 Å². The van der Waals surface area contributed by atoms with Crippen LogP contribution in [0.5, 0.6) is 0 Å². The number of carbonyl (C=O) groups is 2. The normalized spacial score (nSPS) is 29.2. The van der Waals surface area contributed by atoms with Gasteiger partial charge in [0.1, 0.15) is 17.1 Å². The van der Waals surface area contributed by atoms with E-state index in [9.17, 15) is 22.8 Å². The molecule has 10 heteroatoms. The standard InChI is InChI=1S/C17H23N3O.C7H4F3NO2/c1-11-3-2-4-14(19-11)15(21)20-17-8-12-5-13(9-17)7-16(18,6-12)10-17;8-7(9,10)5-3-1-2-4(11-5)6(12)13/h2-4,12-13H,5-10,18H2,1H3,(H,20,21);1-3H,(H,12,13). The number of pyridine rings is 2. The fraction of sp³-hybridized carbons (Fsp3) is 0.500. The molecule has 2 aromatic rings. The van der Waals surface area contributed by atoms with E-state index in [-0.39, 0.29) is 17.0 Å². The van der Waals surface area contributed by atoms with Gasteiger partial charge in [-0.15, -0.1) is 0 Å². The number of hydrogen-bond donors (Lipinski definition) is 3. The Morgan fingerprint density at radius 3 is 2.21 bits per heavy atom. The number of aromatic nitrogens is 2. The van der Waals surface area contributed by atoms with Gasteiger partial charge in [-0.05, 0) is 81.5 Å². The summed E-state index contributed by atoms with van der Waals surface area (Å²) in [5.41, 5.74) is 6.04. The van der Waals surface area contributed by atoms with E-state index in [0.29, 0.717) is 23.6 Å². The number of nitrogens with one attached hydrogen (secondary N) is 1. The minimum Gasteiger partial charge on any atom is -0.477 e. The van der Waals surface area contributed by atoms with Crippen molar-refractivity contribution >= 4 is 11.9 Å². The molecule has 0 aliphatic heterocycles. The summed E-state index contributed by atoms with van der Waals surface area (Å²) in [6.07, 6.45) is 2.11.